The highest BCUT2D eigenvalue weighted by atomic mass is 16.5. The first-order valence-electron chi connectivity index (χ1n) is 7.91. The molecule has 132 valence electrons. The average molecular weight is 343 g/mol. The fraction of sp³-hybridized carbons (Fsp3) is 0.333. The summed E-state index contributed by atoms with van der Waals surface area (Å²) in [6.45, 7) is 2.57. The predicted octanol–water partition coefficient (Wildman–Crippen LogP) is 3.54. The van der Waals surface area contributed by atoms with Crippen molar-refractivity contribution in [3.63, 3.8) is 0 Å². The SMILES string of the molecule is COc1ccc(-c2noc(CN(C)C(C)c3ccco3)n2)c(OC)c1. The molecular weight excluding hydrogens is 322 g/mol. The molecular formula is C18H21N3O4. The van der Waals surface area contributed by atoms with Crippen molar-refractivity contribution >= 4 is 0 Å². The molecule has 25 heavy (non-hydrogen) atoms. The Labute approximate surface area is 146 Å². The molecule has 0 bridgehead atoms. The van der Waals surface area contributed by atoms with Crippen molar-refractivity contribution in [2.45, 2.75) is 19.5 Å². The Kier molecular flexibility index (Phi) is 5.04. The molecule has 0 aliphatic carbocycles. The number of ether oxygens (including phenoxy) is 2. The number of aromatic nitrogens is 2. The summed E-state index contributed by atoms with van der Waals surface area (Å²) in [4.78, 5) is 6.55. The van der Waals surface area contributed by atoms with Gasteiger partial charge in [-0.2, -0.15) is 4.98 Å². The van der Waals surface area contributed by atoms with Crippen LogP contribution in [-0.2, 0) is 6.54 Å². The van der Waals surface area contributed by atoms with Gasteiger partial charge in [-0.3, -0.25) is 4.90 Å². The topological polar surface area (TPSA) is 73.8 Å². The maximum Gasteiger partial charge on any atom is 0.241 e. The number of methoxy groups -OCH3 is 2. The lowest BCUT2D eigenvalue weighted by molar-refractivity contribution is 0.196. The fourth-order valence-electron chi connectivity index (χ4n) is 2.51. The first-order chi connectivity index (χ1) is 12.1. The van der Waals surface area contributed by atoms with E-state index < -0.39 is 0 Å². The van der Waals surface area contributed by atoms with Crippen LogP contribution in [0.25, 0.3) is 11.4 Å². The number of rotatable bonds is 7. The number of hydrogen-bond donors (Lipinski definition) is 0. The van der Waals surface area contributed by atoms with Crippen LogP contribution in [0, 0.1) is 0 Å². The lowest BCUT2D eigenvalue weighted by Crippen LogP contribution is -2.21. The Morgan fingerprint density at radius 2 is 2.04 bits per heavy atom. The molecule has 3 aromatic rings. The first kappa shape index (κ1) is 17.0. The van der Waals surface area contributed by atoms with Gasteiger partial charge in [0.2, 0.25) is 11.7 Å². The molecule has 2 aromatic heterocycles. The van der Waals surface area contributed by atoms with Crippen molar-refractivity contribution in [2.75, 3.05) is 21.3 Å². The molecule has 0 spiro atoms. The lowest BCUT2D eigenvalue weighted by Gasteiger charge is -2.20. The van der Waals surface area contributed by atoms with E-state index in [1.54, 1.807) is 26.5 Å². The molecule has 3 rings (SSSR count). The Balaban J connectivity index is 1.76. The highest BCUT2D eigenvalue weighted by Gasteiger charge is 2.19. The highest BCUT2D eigenvalue weighted by Crippen LogP contribution is 2.31. The average Bonchev–Trinajstić information content (AvgIpc) is 3.32. The smallest absolute Gasteiger partial charge is 0.241 e. The molecule has 1 aromatic carbocycles. The van der Waals surface area contributed by atoms with E-state index in [0.29, 0.717) is 29.8 Å². The van der Waals surface area contributed by atoms with E-state index in [2.05, 4.69) is 22.0 Å². The van der Waals surface area contributed by atoms with E-state index in [-0.39, 0.29) is 6.04 Å². The zero-order chi connectivity index (χ0) is 17.8. The van der Waals surface area contributed by atoms with Gasteiger partial charge in [0.25, 0.3) is 0 Å². The van der Waals surface area contributed by atoms with Gasteiger partial charge in [0.15, 0.2) is 0 Å². The van der Waals surface area contributed by atoms with Crippen LogP contribution in [0.5, 0.6) is 11.5 Å². The summed E-state index contributed by atoms with van der Waals surface area (Å²) in [6, 6.07) is 9.39. The predicted molar refractivity (Wildman–Crippen MR) is 91.4 cm³/mol. The van der Waals surface area contributed by atoms with Gasteiger partial charge in [0, 0.05) is 6.07 Å². The minimum absolute atomic E-state index is 0.0980. The Bertz CT molecular complexity index is 814. The largest absolute Gasteiger partial charge is 0.497 e. The van der Waals surface area contributed by atoms with E-state index in [9.17, 15) is 0 Å². The van der Waals surface area contributed by atoms with Crippen LogP contribution in [-0.4, -0.2) is 36.3 Å². The summed E-state index contributed by atoms with van der Waals surface area (Å²) in [5.41, 5.74) is 0.750. The molecule has 7 heteroatoms. The minimum Gasteiger partial charge on any atom is -0.497 e. The molecule has 0 saturated heterocycles. The van der Waals surface area contributed by atoms with Crippen molar-refractivity contribution in [3.8, 4) is 22.9 Å². The zero-order valence-corrected chi connectivity index (χ0v) is 14.7. The molecule has 0 aliphatic rings. The summed E-state index contributed by atoms with van der Waals surface area (Å²) in [5, 5.41) is 4.07. The second-order valence-corrected chi connectivity index (χ2v) is 5.68. The summed E-state index contributed by atoms with van der Waals surface area (Å²) >= 11 is 0. The Morgan fingerprint density at radius 1 is 1.20 bits per heavy atom. The Morgan fingerprint density at radius 3 is 2.72 bits per heavy atom. The molecule has 1 atom stereocenters. The third-order valence-corrected chi connectivity index (χ3v) is 4.12. The molecule has 0 amide bonds. The molecule has 0 aliphatic heterocycles. The quantitative estimate of drug-likeness (QED) is 0.649. The monoisotopic (exact) mass is 343 g/mol. The van der Waals surface area contributed by atoms with E-state index in [0.717, 1.165) is 11.3 Å². The molecule has 7 nitrogen and oxygen atoms in total. The van der Waals surface area contributed by atoms with Gasteiger partial charge in [0.1, 0.15) is 17.3 Å². The van der Waals surface area contributed by atoms with Crippen LogP contribution in [0.4, 0.5) is 0 Å². The lowest BCUT2D eigenvalue weighted by atomic mass is 10.2. The fourth-order valence-corrected chi connectivity index (χ4v) is 2.51. The zero-order valence-electron chi connectivity index (χ0n) is 14.7. The van der Waals surface area contributed by atoms with Gasteiger partial charge in [-0.05, 0) is 38.2 Å². The van der Waals surface area contributed by atoms with Crippen LogP contribution in [0.1, 0.15) is 24.6 Å². The van der Waals surface area contributed by atoms with Crippen molar-refractivity contribution in [3.05, 3.63) is 48.2 Å². The van der Waals surface area contributed by atoms with Crippen LogP contribution in [0.15, 0.2) is 45.5 Å². The van der Waals surface area contributed by atoms with Gasteiger partial charge < -0.3 is 18.4 Å². The normalized spacial score (nSPS) is 12.4. The van der Waals surface area contributed by atoms with Crippen molar-refractivity contribution in [1.82, 2.24) is 15.0 Å². The summed E-state index contributed by atoms with van der Waals surface area (Å²) < 4.78 is 21.4. The van der Waals surface area contributed by atoms with Crippen molar-refractivity contribution < 1.29 is 18.4 Å². The number of furan rings is 1. The molecule has 0 radical (unpaired) electrons. The van der Waals surface area contributed by atoms with Crippen LogP contribution in [0.3, 0.4) is 0 Å². The van der Waals surface area contributed by atoms with Gasteiger partial charge in [0.05, 0.1) is 38.6 Å². The number of hydrogen-bond acceptors (Lipinski definition) is 7. The summed E-state index contributed by atoms with van der Waals surface area (Å²) in [6.07, 6.45) is 1.67. The third-order valence-electron chi connectivity index (χ3n) is 4.12. The van der Waals surface area contributed by atoms with Gasteiger partial charge in [-0.1, -0.05) is 5.16 Å². The standard InChI is InChI=1S/C18H21N3O4/c1-12(15-6-5-9-24-15)21(2)11-17-19-18(20-25-17)14-8-7-13(22-3)10-16(14)23-4/h5-10,12H,11H2,1-4H3. The van der Waals surface area contributed by atoms with Crippen LogP contribution in [0.2, 0.25) is 0 Å². The molecule has 0 fully saturated rings. The highest BCUT2D eigenvalue weighted by molar-refractivity contribution is 5.65. The van der Waals surface area contributed by atoms with Gasteiger partial charge >= 0.3 is 0 Å². The van der Waals surface area contributed by atoms with Crippen LogP contribution >= 0.6 is 0 Å². The maximum absolute atomic E-state index is 5.44. The summed E-state index contributed by atoms with van der Waals surface area (Å²) in [7, 11) is 5.18. The second-order valence-electron chi connectivity index (χ2n) is 5.68. The second kappa shape index (κ2) is 7.40. The first-order valence-corrected chi connectivity index (χ1v) is 7.91. The molecule has 1 unspecified atom stereocenters. The summed E-state index contributed by atoms with van der Waals surface area (Å²) in [5.74, 6) is 3.22. The van der Waals surface area contributed by atoms with Gasteiger partial charge in [-0.15, -0.1) is 0 Å². The number of benzene rings is 1. The van der Waals surface area contributed by atoms with E-state index in [4.69, 9.17) is 18.4 Å². The van der Waals surface area contributed by atoms with Crippen LogP contribution < -0.4 is 9.47 Å². The van der Waals surface area contributed by atoms with E-state index in [1.165, 1.54) is 0 Å². The molecule has 0 saturated carbocycles. The van der Waals surface area contributed by atoms with Crippen molar-refractivity contribution in [1.29, 1.82) is 0 Å². The van der Waals surface area contributed by atoms with Gasteiger partial charge in [-0.25, -0.2) is 0 Å². The third kappa shape index (κ3) is 3.66. The van der Waals surface area contributed by atoms with E-state index in [1.807, 2.05) is 31.3 Å². The van der Waals surface area contributed by atoms with E-state index >= 15 is 0 Å². The Hall–Kier alpha value is -2.80. The number of nitrogens with zero attached hydrogens (tertiary/aromatic N) is 3. The van der Waals surface area contributed by atoms with Crippen molar-refractivity contribution in [2.24, 2.45) is 0 Å². The minimum atomic E-state index is 0.0980. The maximum atomic E-state index is 5.44. The molecule has 0 N–H and O–H groups in total. The molecule has 2 heterocycles.